The lowest BCUT2D eigenvalue weighted by atomic mass is 10.2. The molecular formula is C19H20N2O3. The SMILES string of the molecule is O=C(CC(=O)NC1CC1)Nc1ccc(OCc2ccccc2)cc1. The Morgan fingerprint density at radius 1 is 0.958 bits per heavy atom. The lowest BCUT2D eigenvalue weighted by Gasteiger charge is -2.08. The van der Waals surface area contributed by atoms with Gasteiger partial charge in [0.25, 0.3) is 0 Å². The van der Waals surface area contributed by atoms with Crippen molar-refractivity contribution in [3.05, 3.63) is 60.2 Å². The van der Waals surface area contributed by atoms with E-state index in [4.69, 9.17) is 4.74 Å². The summed E-state index contributed by atoms with van der Waals surface area (Å²) in [5, 5.41) is 5.50. The van der Waals surface area contributed by atoms with Crippen molar-refractivity contribution in [1.82, 2.24) is 5.32 Å². The molecule has 0 atom stereocenters. The highest BCUT2D eigenvalue weighted by Crippen LogP contribution is 2.19. The predicted octanol–water partition coefficient (Wildman–Crippen LogP) is 2.87. The Balaban J connectivity index is 1.45. The molecule has 1 aliphatic carbocycles. The quantitative estimate of drug-likeness (QED) is 0.770. The monoisotopic (exact) mass is 324 g/mol. The molecule has 0 bridgehead atoms. The number of amides is 2. The van der Waals surface area contributed by atoms with Gasteiger partial charge in [0.2, 0.25) is 11.8 Å². The molecule has 3 rings (SSSR count). The van der Waals surface area contributed by atoms with Crippen molar-refractivity contribution in [2.45, 2.75) is 31.9 Å². The topological polar surface area (TPSA) is 67.4 Å². The molecule has 0 heterocycles. The van der Waals surface area contributed by atoms with Gasteiger partial charge in [-0.05, 0) is 42.7 Å². The van der Waals surface area contributed by atoms with Gasteiger partial charge in [0.15, 0.2) is 0 Å². The fraction of sp³-hybridized carbons (Fsp3) is 0.263. The van der Waals surface area contributed by atoms with E-state index < -0.39 is 0 Å². The number of hydrogen-bond acceptors (Lipinski definition) is 3. The molecule has 2 amide bonds. The van der Waals surface area contributed by atoms with E-state index in [1.54, 1.807) is 24.3 Å². The third-order valence-electron chi connectivity index (χ3n) is 3.65. The molecule has 0 unspecified atom stereocenters. The van der Waals surface area contributed by atoms with Crippen molar-refractivity contribution in [2.75, 3.05) is 5.32 Å². The van der Waals surface area contributed by atoms with Crippen LogP contribution in [0.4, 0.5) is 5.69 Å². The predicted molar refractivity (Wildman–Crippen MR) is 91.6 cm³/mol. The summed E-state index contributed by atoms with van der Waals surface area (Å²) in [6.07, 6.45) is 1.87. The van der Waals surface area contributed by atoms with Crippen LogP contribution in [0, 0.1) is 0 Å². The zero-order valence-corrected chi connectivity index (χ0v) is 13.3. The summed E-state index contributed by atoms with van der Waals surface area (Å²) < 4.78 is 5.69. The molecule has 0 saturated heterocycles. The molecule has 5 heteroatoms. The lowest BCUT2D eigenvalue weighted by Crippen LogP contribution is -2.29. The van der Waals surface area contributed by atoms with Crippen LogP contribution in [0.15, 0.2) is 54.6 Å². The molecule has 0 aliphatic heterocycles. The third kappa shape index (κ3) is 5.12. The molecule has 0 radical (unpaired) electrons. The highest BCUT2D eigenvalue weighted by molar-refractivity contribution is 6.03. The number of hydrogen-bond donors (Lipinski definition) is 2. The second kappa shape index (κ2) is 7.64. The van der Waals surface area contributed by atoms with E-state index in [1.807, 2.05) is 30.3 Å². The first-order chi connectivity index (χ1) is 11.7. The van der Waals surface area contributed by atoms with Crippen LogP contribution in [0.2, 0.25) is 0 Å². The maximum absolute atomic E-state index is 11.8. The number of rotatable bonds is 7. The maximum atomic E-state index is 11.8. The van der Waals surface area contributed by atoms with Crippen molar-refractivity contribution in [2.24, 2.45) is 0 Å². The number of carbonyl (C=O) groups is 2. The van der Waals surface area contributed by atoms with Gasteiger partial charge in [0, 0.05) is 11.7 Å². The van der Waals surface area contributed by atoms with E-state index in [2.05, 4.69) is 10.6 Å². The van der Waals surface area contributed by atoms with E-state index in [1.165, 1.54) is 0 Å². The summed E-state index contributed by atoms with van der Waals surface area (Å²) in [7, 11) is 0. The molecule has 24 heavy (non-hydrogen) atoms. The Morgan fingerprint density at radius 3 is 2.33 bits per heavy atom. The average molecular weight is 324 g/mol. The fourth-order valence-corrected chi connectivity index (χ4v) is 2.23. The van der Waals surface area contributed by atoms with Gasteiger partial charge >= 0.3 is 0 Å². The van der Waals surface area contributed by atoms with Crippen molar-refractivity contribution >= 4 is 17.5 Å². The van der Waals surface area contributed by atoms with Crippen LogP contribution in [-0.2, 0) is 16.2 Å². The zero-order valence-electron chi connectivity index (χ0n) is 13.3. The summed E-state index contributed by atoms with van der Waals surface area (Å²) >= 11 is 0. The Kier molecular flexibility index (Phi) is 5.11. The highest BCUT2D eigenvalue weighted by Gasteiger charge is 2.24. The second-order valence-electron chi connectivity index (χ2n) is 5.87. The van der Waals surface area contributed by atoms with Crippen molar-refractivity contribution in [3.8, 4) is 5.75 Å². The van der Waals surface area contributed by atoms with E-state index in [-0.39, 0.29) is 24.3 Å². The Morgan fingerprint density at radius 2 is 1.67 bits per heavy atom. The number of carbonyl (C=O) groups excluding carboxylic acids is 2. The van der Waals surface area contributed by atoms with Crippen molar-refractivity contribution in [1.29, 1.82) is 0 Å². The Hall–Kier alpha value is -2.82. The van der Waals surface area contributed by atoms with Crippen LogP contribution in [-0.4, -0.2) is 17.9 Å². The van der Waals surface area contributed by atoms with Gasteiger partial charge in [-0.15, -0.1) is 0 Å². The molecule has 2 aromatic carbocycles. The van der Waals surface area contributed by atoms with E-state index >= 15 is 0 Å². The number of nitrogens with one attached hydrogen (secondary N) is 2. The molecule has 124 valence electrons. The molecule has 1 fully saturated rings. The summed E-state index contributed by atoms with van der Waals surface area (Å²) in [5.74, 6) is 0.187. The molecule has 2 aromatic rings. The van der Waals surface area contributed by atoms with Crippen LogP contribution in [0.25, 0.3) is 0 Å². The van der Waals surface area contributed by atoms with E-state index in [9.17, 15) is 9.59 Å². The third-order valence-corrected chi connectivity index (χ3v) is 3.65. The standard InChI is InChI=1S/C19H20N2O3/c22-18(20-15-6-7-15)12-19(23)21-16-8-10-17(11-9-16)24-13-14-4-2-1-3-5-14/h1-5,8-11,15H,6-7,12-13H2,(H,20,22)(H,21,23). The highest BCUT2D eigenvalue weighted by atomic mass is 16.5. The number of benzene rings is 2. The van der Waals surface area contributed by atoms with E-state index in [0.717, 1.165) is 24.2 Å². The Labute approximate surface area is 141 Å². The lowest BCUT2D eigenvalue weighted by molar-refractivity contribution is -0.126. The van der Waals surface area contributed by atoms with Crippen LogP contribution in [0.1, 0.15) is 24.8 Å². The van der Waals surface area contributed by atoms with Gasteiger partial charge in [-0.25, -0.2) is 0 Å². The number of ether oxygens (including phenoxy) is 1. The van der Waals surface area contributed by atoms with Crippen LogP contribution < -0.4 is 15.4 Å². The number of anilines is 1. The van der Waals surface area contributed by atoms with Gasteiger partial charge in [0.1, 0.15) is 18.8 Å². The van der Waals surface area contributed by atoms with E-state index in [0.29, 0.717) is 12.3 Å². The minimum atomic E-state index is -0.314. The average Bonchev–Trinajstić information content (AvgIpc) is 3.39. The van der Waals surface area contributed by atoms with Gasteiger partial charge in [-0.3, -0.25) is 9.59 Å². The van der Waals surface area contributed by atoms with Gasteiger partial charge in [0.05, 0.1) is 0 Å². The largest absolute Gasteiger partial charge is 0.489 e. The summed E-state index contributed by atoms with van der Waals surface area (Å²) in [4.78, 5) is 23.4. The molecule has 2 N–H and O–H groups in total. The Bertz CT molecular complexity index is 694. The fourth-order valence-electron chi connectivity index (χ4n) is 2.23. The van der Waals surface area contributed by atoms with Gasteiger partial charge in [-0.2, -0.15) is 0 Å². The van der Waals surface area contributed by atoms with Crippen molar-refractivity contribution in [3.63, 3.8) is 0 Å². The first kappa shape index (κ1) is 16.1. The first-order valence-electron chi connectivity index (χ1n) is 8.05. The second-order valence-corrected chi connectivity index (χ2v) is 5.87. The zero-order chi connectivity index (χ0) is 16.8. The van der Waals surface area contributed by atoms with Gasteiger partial charge < -0.3 is 15.4 Å². The van der Waals surface area contributed by atoms with Crippen LogP contribution in [0.3, 0.4) is 0 Å². The smallest absolute Gasteiger partial charge is 0.233 e. The van der Waals surface area contributed by atoms with Crippen LogP contribution in [0.5, 0.6) is 5.75 Å². The molecule has 1 aliphatic rings. The summed E-state index contributed by atoms with van der Waals surface area (Å²) in [6.45, 7) is 0.494. The molecule has 5 nitrogen and oxygen atoms in total. The van der Waals surface area contributed by atoms with Crippen molar-refractivity contribution < 1.29 is 14.3 Å². The molecule has 0 spiro atoms. The summed E-state index contributed by atoms with van der Waals surface area (Å²) in [5.41, 5.74) is 1.74. The van der Waals surface area contributed by atoms with Crippen LogP contribution >= 0.6 is 0 Å². The summed E-state index contributed by atoms with van der Waals surface area (Å²) in [6, 6.07) is 17.3. The first-order valence-corrected chi connectivity index (χ1v) is 8.05. The molecule has 0 aromatic heterocycles. The minimum Gasteiger partial charge on any atom is -0.489 e. The normalized spacial score (nSPS) is 13.2. The molecule has 1 saturated carbocycles. The maximum Gasteiger partial charge on any atom is 0.233 e. The van der Waals surface area contributed by atoms with Gasteiger partial charge in [-0.1, -0.05) is 30.3 Å². The minimum absolute atomic E-state index is 0.150. The molecular weight excluding hydrogens is 304 g/mol.